The van der Waals surface area contributed by atoms with Crippen molar-refractivity contribution in [3.05, 3.63) is 53.3 Å². The van der Waals surface area contributed by atoms with E-state index in [1.807, 2.05) is 0 Å². The number of amides is 1. The van der Waals surface area contributed by atoms with Gasteiger partial charge in [0.2, 0.25) is 0 Å². The van der Waals surface area contributed by atoms with Gasteiger partial charge in [-0.25, -0.2) is 4.98 Å². The van der Waals surface area contributed by atoms with Crippen LogP contribution in [0.4, 0.5) is 18.9 Å². The number of hydrogen-bond donors (Lipinski definition) is 1. The fourth-order valence-corrected chi connectivity index (χ4v) is 3.29. The number of nitrogens with zero attached hydrogens (tertiary/aromatic N) is 2. The molecule has 26 heavy (non-hydrogen) atoms. The summed E-state index contributed by atoms with van der Waals surface area (Å²) in [6.45, 7) is 0.311. The standard InChI is InChI=1S/C18H14F3N3O2/c1-26-15-7-10-4-6-24(14(10)8-13(15)18(19,20)21)17(25)12-9-23-16-11(12)3-2-5-22-16/h2-3,5,7-9H,4,6H2,1H3,(H,22,23). The van der Waals surface area contributed by atoms with Crippen molar-refractivity contribution in [3.63, 3.8) is 0 Å². The number of fused-ring (bicyclic) bond motifs is 2. The van der Waals surface area contributed by atoms with Gasteiger partial charge in [0.1, 0.15) is 11.4 Å². The predicted octanol–water partition coefficient (Wildman–Crippen LogP) is 3.79. The molecule has 1 N–H and O–H groups in total. The minimum absolute atomic E-state index is 0.234. The first kappa shape index (κ1) is 16.4. The number of benzene rings is 1. The molecule has 0 aliphatic carbocycles. The highest BCUT2D eigenvalue weighted by Crippen LogP contribution is 2.42. The number of rotatable bonds is 2. The van der Waals surface area contributed by atoms with Crippen molar-refractivity contribution in [3.8, 4) is 5.75 Å². The molecular formula is C18H14F3N3O2. The van der Waals surface area contributed by atoms with Crippen molar-refractivity contribution in [2.24, 2.45) is 0 Å². The van der Waals surface area contributed by atoms with Crippen molar-refractivity contribution in [1.82, 2.24) is 9.97 Å². The molecule has 8 heteroatoms. The second-order valence-electron chi connectivity index (χ2n) is 5.99. The van der Waals surface area contributed by atoms with Crippen LogP contribution in [-0.2, 0) is 12.6 Å². The van der Waals surface area contributed by atoms with E-state index >= 15 is 0 Å². The van der Waals surface area contributed by atoms with Crippen molar-refractivity contribution in [2.45, 2.75) is 12.6 Å². The minimum atomic E-state index is -4.57. The number of aromatic amines is 1. The largest absolute Gasteiger partial charge is 0.496 e. The van der Waals surface area contributed by atoms with Crippen LogP contribution in [0.25, 0.3) is 11.0 Å². The molecule has 0 spiro atoms. The van der Waals surface area contributed by atoms with Crippen LogP contribution in [-0.4, -0.2) is 29.5 Å². The fourth-order valence-electron chi connectivity index (χ4n) is 3.29. The number of pyridine rings is 1. The first-order chi connectivity index (χ1) is 12.4. The van der Waals surface area contributed by atoms with Crippen LogP contribution >= 0.6 is 0 Å². The van der Waals surface area contributed by atoms with E-state index < -0.39 is 11.7 Å². The fraction of sp³-hybridized carbons (Fsp3) is 0.222. The third-order valence-corrected chi connectivity index (χ3v) is 4.53. The SMILES string of the molecule is COc1cc2c(cc1C(F)(F)F)N(C(=O)c1c[nH]c3ncccc13)CC2. The minimum Gasteiger partial charge on any atom is -0.496 e. The van der Waals surface area contributed by atoms with Gasteiger partial charge >= 0.3 is 6.18 Å². The van der Waals surface area contributed by atoms with Gasteiger partial charge in [0, 0.05) is 30.0 Å². The Morgan fingerprint density at radius 2 is 2.15 bits per heavy atom. The molecule has 5 nitrogen and oxygen atoms in total. The van der Waals surface area contributed by atoms with Gasteiger partial charge in [-0.15, -0.1) is 0 Å². The summed E-state index contributed by atoms with van der Waals surface area (Å²) in [5.41, 5.74) is 0.966. The van der Waals surface area contributed by atoms with Crippen LogP contribution in [0.15, 0.2) is 36.7 Å². The van der Waals surface area contributed by atoms with Crippen LogP contribution in [0.2, 0.25) is 0 Å². The average Bonchev–Trinajstić information content (AvgIpc) is 3.23. The van der Waals surface area contributed by atoms with Crippen LogP contribution in [0.5, 0.6) is 5.75 Å². The molecule has 0 radical (unpaired) electrons. The number of H-pyrrole nitrogens is 1. The summed E-state index contributed by atoms with van der Waals surface area (Å²) in [4.78, 5) is 21.4. The van der Waals surface area contributed by atoms with E-state index in [2.05, 4.69) is 9.97 Å². The zero-order chi connectivity index (χ0) is 18.5. The van der Waals surface area contributed by atoms with Gasteiger partial charge in [0.15, 0.2) is 0 Å². The molecule has 0 saturated carbocycles. The van der Waals surface area contributed by atoms with Gasteiger partial charge in [-0.05, 0) is 36.2 Å². The van der Waals surface area contributed by atoms with E-state index in [9.17, 15) is 18.0 Å². The van der Waals surface area contributed by atoms with E-state index in [1.54, 1.807) is 18.3 Å². The predicted molar refractivity (Wildman–Crippen MR) is 89.5 cm³/mol. The topological polar surface area (TPSA) is 58.2 Å². The summed E-state index contributed by atoms with van der Waals surface area (Å²) in [6, 6.07) is 5.81. The van der Waals surface area contributed by atoms with Crippen LogP contribution < -0.4 is 9.64 Å². The first-order valence-electron chi connectivity index (χ1n) is 7.92. The number of carbonyl (C=O) groups is 1. The van der Waals surface area contributed by atoms with Crippen molar-refractivity contribution < 1.29 is 22.7 Å². The lowest BCUT2D eigenvalue weighted by Gasteiger charge is -2.19. The Balaban J connectivity index is 1.79. The summed E-state index contributed by atoms with van der Waals surface area (Å²) < 4.78 is 44.8. The molecule has 1 aliphatic heterocycles. The molecule has 1 aromatic carbocycles. The van der Waals surface area contributed by atoms with Gasteiger partial charge in [-0.3, -0.25) is 4.79 Å². The van der Waals surface area contributed by atoms with Crippen LogP contribution in [0, 0.1) is 0 Å². The smallest absolute Gasteiger partial charge is 0.420 e. The summed E-state index contributed by atoms with van der Waals surface area (Å²) in [5, 5.41) is 0.635. The van der Waals surface area contributed by atoms with Crippen molar-refractivity contribution >= 4 is 22.6 Å². The number of methoxy groups -OCH3 is 1. The lowest BCUT2D eigenvalue weighted by atomic mass is 10.1. The normalized spacial score (nSPS) is 13.9. The highest BCUT2D eigenvalue weighted by Gasteiger charge is 2.38. The lowest BCUT2D eigenvalue weighted by molar-refractivity contribution is -0.138. The second kappa shape index (κ2) is 5.76. The van der Waals surface area contributed by atoms with Gasteiger partial charge in [-0.2, -0.15) is 13.2 Å². The molecule has 0 fully saturated rings. The molecule has 1 amide bonds. The van der Waals surface area contributed by atoms with Gasteiger partial charge in [0.05, 0.1) is 18.2 Å². The maximum Gasteiger partial charge on any atom is 0.420 e. The summed E-state index contributed by atoms with van der Waals surface area (Å²) >= 11 is 0. The molecule has 134 valence electrons. The lowest BCUT2D eigenvalue weighted by Crippen LogP contribution is -2.29. The number of halogens is 3. The van der Waals surface area contributed by atoms with E-state index in [-0.39, 0.29) is 17.3 Å². The first-order valence-corrected chi connectivity index (χ1v) is 7.92. The monoisotopic (exact) mass is 361 g/mol. The van der Waals surface area contributed by atoms with E-state index in [4.69, 9.17) is 4.74 Å². The molecule has 0 atom stereocenters. The maximum atomic E-state index is 13.3. The second-order valence-corrected chi connectivity index (χ2v) is 5.99. The third kappa shape index (κ3) is 2.49. The molecule has 4 rings (SSSR count). The molecular weight excluding hydrogens is 347 g/mol. The van der Waals surface area contributed by atoms with Gasteiger partial charge in [-0.1, -0.05) is 0 Å². The van der Waals surface area contributed by atoms with E-state index in [1.165, 1.54) is 24.3 Å². The molecule has 0 bridgehead atoms. The number of nitrogens with one attached hydrogen (secondary N) is 1. The Labute approximate surface area is 146 Å². The number of ether oxygens (including phenoxy) is 1. The summed E-state index contributed by atoms with van der Waals surface area (Å²) in [7, 11) is 1.20. The molecule has 3 aromatic rings. The quantitative estimate of drug-likeness (QED) is 0.755. The molecule has 0 unspecified atom stereocenters. The Bertz CT molecular complexity index is 1010. The zero-order valence-electron chi connectivity index (χ0n) is 13.7. The Hall–Kier alpha value is -3.03. The van der Waals surface area contributed by atoms with Gasteiger partial charge in [0.25, 0.3) is 5.91 Å². The number of carbonyl (C=O) groups excluding carboxylic acids is 1. The number of aromatic nitrogens is 2. The Morgan fingerprint density at radius 1 is 1.35 bits per heavy atom. The highest BCUT2D eigenvalue weighted by atomic mass is 19.4. The zero-order valence-corrected chi connectivity index (χ0v) is 13.7. The number of alkyl halides is 3. The summed E-state index contributed by atoms with van der Waals surface area (Å²) in [6.07, 6.45) is -0.967. The van der Waals surface area contributed by atoms with Gasteiger partial charge < -0.3 is 14.6 Å². The van der Waals surface area contributed by atoms with Crippen molar-refractivity contribution in [1.29, 1.82) is 0 Å². The molecule has 1 aliphatic rings. The Kier molecular flexibility index (Phi) is 3.64. The molecule has 0 saturated heterocycles. The number of hydrogen-bond acceptors (Lipinski definition) is 3. The summed E-state index contributed by atoms with van der Waals surface area (Å²) in [5.74, 6) is -0.594. The molecule has 2 aromatic heterocycles. The maximum absolute atomic E-state index is 13.3. The van der Waals surface area contributed by atoms with E-state index in [0.29, 0.717) is 35.1 Å². The Morgan fingerprint density at radius 3 is 2.88 bits per heavy atom. The van der Waals surface area contributed by atoms with Crippen LogP contribution in [0.1, 0.15) is 21.5 Å². The van der Waals surface area contributed by atoms with E-state index in [0.717, 1.165) is 6.07 Å². The number of anilines is 1. The average molecular weight is 361 g/mol. The molecule has 3 heterocycles. The van der Waals surface area contributed by atoms with Crippen LogP contribution in [0.3, 0.4) is 0 Å². The highest BCUT2D eigenvalue weighted by molar-refractivity contribution is 6.14. The van der Waals surface area contributed by atoms with Crippen molar-refractivity contribution in [2.75, 3.05) is 18.6 Å². The third-order valence-electron chi connectivity index (χ3n) is 4.53.